The van der Waals surface area contributed by atoms with Crippen LogP contribution in [0.2, 0.25) is 0 Å². The summed E-state index contributed by atoms with van der Waals surface area (Å²) in [6.45, 7) is 0. The zero-order valence-corrected chi connectivity index (χ0v) is 9.38. The van der Waals surface area contributed by atoms with Crippen molar-refractivity contribution < 1.29 is 19.4 Å². The van der Waals surface area contributed by atoms with Crippen LogP contribution in [0.3, 0.4) is 0 Å². The number of nitrogens with one attached hydrogen (secondary N) is 1. The molecule has 2 N–H and O–H groups in total. The van der Waals surface area contributed by atoms with Gasteiger partial charge in [0.05, 0.1) is 17.6 Å². The summed E-state index contributed by atoms with van der Waals surface area (Å²) >= 11 is 1.11. The van der Waals surface area contributed by atoms with E-state index in [0.29, 0.717) is 0 Å². The summed E-state index contributed by atoms with van der Waals surface area (Å²) in [6.07, 6.45) is 1.97. The van der Waals surface area contributed by atoms with Crippen LogP contribution in [0.1, 0.15) is 12.8 Å². The zero-order valence-electron chi connectivity index (χ0n) is 8.56. The van der Waals surface area contributed by atoms with E-state index in [2.05, 4.69) is 5.32 Å². The summed E-state index contributed by atoms with van der Waals surface area (Å²) in [5.41, 5.74) is 0. The van der Waals surface area contributed by atoms with Gasteiger partial charge < -0.3 is 15.2 Å². The standard InChI is InChI=1S/C9H15NO4S/c1-14-7-2-6(3-7)10-8(11)4-15-5-9(12)13/h6-7H,2-5H2,1H3,(H,10,11)(H,12,13). The van der Waals surface area contributed by atoms with E-state index in [0.717, 1.165) is 24.6 Å². The number of thioether (sulfide) groups is 1. The number of hydrogen-bond acceptors (Lipinski definition) is 4. The number of carbonyl (C=O) groups is 2. The molecule has 0 heterocycles. The molecule has 1 rings (SSSR count). The van der Waals surface area contributed by atoms with Crippen LogP contribution in [-0.4, -0.2) is 47.7 Å². The smallest absolute Gasteiger partial charge is 0.313 e. The molecule has 0 saturated heterocycles. The molecule has 0 aromatic carbocycles. The highest BCUT2D eigenvalue weighted by molar-refractivity contribution is 8.00. The minimum absolute atomic E-state index is 0.0290. The van der Waals surface area contributed by atoms with E-state index < -0.39 is 5.97 Å². The summed E-state index contributed by atoms with van der Waals surface area (Å²) in [5, 5.41) is 11.2. The molecule has 1 fully saturated rings. The molecule has 0 radical (unpaired) electrons. The van der Waals surface area contributed by atoms with Gasteiger partial charge in [0.1, 0.15) is 0 Å². The van der Waals surface area contributed by atoms with Crippen LogP contribution in [0, 0.1) is 0 Å². The Labute approximate surface area is 92.6 Å². The fourth-order valence-corrected chi connectivity index (χ4v) is 1.92. The maximum Gasteiger partial charge on any atom is 0.313 e. The zero-order chi connectivity index (χ0) is 11.3. The Morgan fingerprint density at radius 3 is 2.67 bits per heavy atom. The Bertz CT molecular complexity index is 240. The number of ether oxygens (including phenoxy) is 1. The number of aliphatic carboxylic acids is 1. The molecule has 0 bridgehead atoms. The highest BCUT2D eigenvalue weighted by atomic mass is 32.2. The molecule has 0 aromatic rings. The monoisotopic (exact) mass is 233 g/mol. The van der Waals surface area contributed by atoms with Gasteiger partial charge in [-0.15, -0.1) is 11.8 Å². The van der Waals surface area contributed by atoms with Gasteiger partial charge in [-0.25, -0.2) is 0 Å². The number of carboxylic acid groups (broad SMARTS) is 1. The highest BCUT2D eigenvalue weighted by Crippen LogP contribution is 2.22. The minimum Gasteiger partial charge on any atom is -0.481 e. The SMILES string of the molecule is COC1CC(NC(=O)CSCC(=O)O)C1. The quantitative estimate of drug-likeness (QED) is 0.680. The molecule has 0 spiro atoms. The van der Waals surface area contributed by atoms with Crippen LogP contribution in [0.25, 0.3) is 0 Å². The Morgan fingerprint density at radius 2 is 2.13 bits per heavy atom. The first-order valence-corrected chi connectivity index (χ1v) is 5.89. The second-order valence-electron chi connectivity index (χ2n) is 3.48. The molecular weight excluding hydrogens is 218 g/mol. The Hall–Kier alpha value is -0.750. The van der Waals surface area contributed by atoms with Gasteiger partial charge in [-0.05, 0) is 12.8 Å². The lowest BCUT2D eigenvalue weighted by molar-refractivity contribution is -0.133. The number of carboxylic acids is 1. The summed E-state index contributed by atoms with van der Waals surface area (Å²) in [4.78, 5) is 21.4. The number of methoxy groups -OCH3 is 1. The van der Waals surface area contributed by atoms with Gasteiger partial charge in [-0.2, -0.15) is 0 Å². The Kier molecular flexibility index (Phi) is 4.90. The van der Waals surface area contributed by atoms with Crippen molar-refractivity contribution >= 4 is 23.6 Å². The van der Waals surface area contributed by atoms with Crippen molar-refractivity contribution in [2.45, 2.75) is 25.0 Å². The molecule has 0 aromatic heterocycles. The van der Waals surface area contributed by atoms with Crippen molar-refractivity contribution in [2.24, 2.45) is 0 Å². The molecule has 1 aliphatic rings. The van der Waals surface area contributed by atoms with Crippen LogP contribution in [0.4, 0.5) is 0 Å². The van der Waals surface area contributed by atoms with E-state index in [9.17, 15) is 9.59 Å². The topological polar surface area (TPSA) is 75.6 Å². The van der Waals surface area contributed by atoms with Crippen LogP contribution in [0.5, 0.6) is 0 Å². The van der Waals surface area contributed by atoms with Crippen molar-refractivity contribution in [1.82, 2.24) is 5.32 Å². The third kappa shape index (κ3) is 4.53. The van der Waals surface area contributed by atoms with Crippen molar-refractivity contribution in [3.63, 3.8) is 0 Å². The fourth-order valence-electron chi connectivity index (χ4n) is 1.38. The average Bonchev–Trinajstić information content (AvgIpc) is 2.09. The normalized spacial score (nSPS) is 24.3. The van der Waals surface area contributed by atoms with Gasteiger partial charge in [0.2, 0.25) is 5.91 Å². The van der Waals surface area contributed by atoms with Crippen molar-refractivity contribution in [3.05, 3.63) is 0 Å². The molecule has 1 aliphatic carbocycles. The lowest BCUT2D eigenvalue weighted by Crippen LogP contribution is -2.48. The number of rotatable bonds is 6. The fraction of sp³-hybridized carbons (Fsp3) is 0.778. The lowest BCUT2D eigenvalue weighted by Gasteiger charge is -2.34. The molecule has 6 heteroatoms. The van der Waals surface area contributed by atoms with Gasteiger partial charge >= 0.3 is 5.97 Å². The highest BCUT2D eigenvalue weighted by Gasteiger charge is 2.29. The Balaban J connectivity index is 2.02. The summed E-state index contributed by atoms with van der Waals surface area (Å²) < 4.78 is 5.08. The largest absolute Gasteiger partial charge is 0.481 e. The van der Waals surface area contributed by atoms with Crippen molar-refractivity contribution in [1.29, 1.82) is 0 Å². The van der Waals surface area contributed by atoms with Gasteiger partial charge in [0, 0.05) is 13.2 Å². The van der Waals surface area contributed by atoms with E-state index in [1.807, 2.05) is 0 Å². The first-order valence-electron chi connectivity index (χ1n) is 4.73. The molecule has 15 heavy (non-hydrogen) atoms. The van der Waals surface area contributed by atoms with E-state index in [1.165, 1.54) is 0 Å². The molecule has 1 saturated carbocycles. The van der Waals surface area contributed by atoms with E-state index in [4.69, 9.17) is 9.84 Å². The van der Waals surface area contributed by atoms with Crippen molar-refractivity contribution in [2.75, 3.05) is 18.6 Å². The van der Waals surface area contributed by atoms with Gasteiger partial charge in [0.25, 0.3) is 0 Å². The molecule has 0 aliphatic heterocycles. The number of carbonyl (C=O) groups excluding carboxylic acids is 1. The van der Waals surface area contributed by atoms with E-state index in [-0.39, 0.29) is 29.6 Å². The van der Waals surface area contributed by atoms with Crippen LogP contribution >= 0.6 is 11.8 Å². The minimum atomic E-state index is -0.893. The second kappa shape index (κ2) is 5.97. The summed E-state index contributed by atoms with van der Waals surface area (Å²) in [6, 6.07) is 0.202. The Morgan fingerprint density at radius 1 is 1.47 bits per heavy atom. The lowest BCUT2D eigenvalue weighted by atomic mass is 9.89. The van der Waals surface area contributed by atoms with Crippen LogP contribution in [0.15, 0.2) is 0 Å². The maximum atomic E-state index is 11.3. The van der Waals surface area contributed by atoms with Gasteiger partial charge in [-0.3, -0.25) is 9.59 Å². The third-order valence-corrected chi connectivity index (χ3v) is 3.17. The molecular formula is C9H15NO4S. The van der Waals surface area contributed by atoms with Gasteiger partial charge in [0.15, 0.2) is 0 Å². The predicted octanol–water partition coefficient (Wildman–Crippen LogP) is 0.0978. The predicted molar refractivity (Wildman–Crippen MR) is 56.9 cm³/mol. The number of amides is 1. The van der Waals surface area contributed by atoms with Crippen LogP contribution in [-0.2, 0) is 14.3 Å². The molecule has 86 valence electrons. The number of hydrogen-bond donors (Lipinski definition) is 2. The maximum absolute atomic E-state index is 11.3. The second-order valence-corrected chi connectivity index (χ2v) is 4.47. The first-order chi connectivity index (χ1) is 7.11. The molecule has 5 nitrogen and oxygen atoms in total. The molecule has 1 amide bonds. The molecule has 0 atom stereocenters. The van der Waals surface area contributed by atoms with E-state index in [1.54, 1.807) is 7.11 Å². The third-order valence-electron chi connectivity index (χ3n) is 2.25. The van der Waals surface area contributed by atoms with E-state index >= 15 is 0 Å². The summed E-state index contributed by atoms with van der Waals surface area (Å²) in [7, 11) is 1.66. The summed E-state index contributed by atoms with van der Waals surface area (Å²) in [5.74, 6) is -0.809. The first kappa shape index (κ1) is 12.3. The van der Waals surface area contributed by atoms with Gasteiger partial charge in [-0.1, -0.05) is 0 Å². The molecule has 0 unspecified atom stereocenters. The average molecular weight is 233 g/mol. The van der Waals surface area contributed by atoms with Crippen molar-refractivity contribution in [3.8, 4) is 0 Å². The van der Waals surface area contributed by atoms with Crippen LogP contribution < -0.4 is 5.32 Å².